The van der Waals surface area contributed by atoms with Crippen molar-refractivity contribution in [2.24, 2.45) is 5.92 Å². The fourth-order valence-corrected chi connectivity index (χ4v) is 0.741. The lowest BCUT2D eigenvalue weighted by Gasteiger charge is -2.05. The Morgan fingerprint density at radius 1 is 1.67 bits per heavy atom. The molecule has 12 heavy (non-hydrogen) atoms. The second-order valence-electron chi connectivity index (χ2n) is 2.43. The zero-order chi connectivity index (χ0) is 9.56. The van der Waals surface area contributed by atoms with E-state index in [9.17, 15) is 9.59 Å². The van der Waals surface area contributed by atoms with Crippen molar-refractivity contribution in [1.82, 2.24) is 0 Å². The Morgan fingerprint density at radius 3 is 2.67 bits per heavy atom. The standard InChI is InChI=1S/C8H11ClO3/c1-3-4-5-6(2)7(10)12-8(9)11/h3,6H,1,4-5H2,2H3. The van der Waals surface area contributed by atoms with Crippen LogP contribution in [0.3, 0.4) is 0 Å². The highest BCUT2D eigenvalue weighted by Crippen LogP contribution is 2.08. The molecule has 0 heterocycles. The van der Waals surface area contributed by atoms with Crippen molar-refractivity contribution in [1.29, 1.82) is 0 Å². The van der Waals surface area contributed by atoms with Crippen molar-refractivity contribution in [3.63, 3.8) is 0 Å². The molecule has 0 amide bonds. The molecule has 0 aromatic rings. The molecular formula is C8H11ClO3. The molecular weight excluding hydrogens is 180 g/mol. The third kappa shape index (κ3) is 4.91. The van der Waals surface area contributed by atoms with Crippen LogP contribution in [0.5, 0.6) is 0 Å². The summed E-state index contributed by atoms with van der Waals surface area (Å²) in [6, 6.07) is 0. The summed E-state index contributed by atoms with van der Waals surface area (Å²) in [7, 11) is 0. The van der Waals surface area contributed by atoms with E-state index in [4.69, 9.17) is 11.6 Å². The highest BCUT2D eigenvalue weighted by Gasteiger charge is 2.15. The van der Waals surface area contributed by atoms with Gasteiger partial charge in [0.05, 0.1) is 5.92 Å². The Hall–Kier alpha value is -0.830. The lowest BCUT2D eigenvalue weighted by atomic mass is 10.1. The van der Waals surface area contributed by atoms with E-state index in [1.54, 1.807) is 13.0 Å². The van der Waals surface area contributed by atoms with E-state index < -0.39 is 11.4 Å². The average molecular weight is 191 g/mol. The molecule has 0 bridgehead atoms. The van der Waals surface area contributed by atoms with Gasteiger partial charge in [0.2, 0.25) is 0 Å². The molecule has 0 fully saturated rings. The number of carbonyl (C=O) groups is 2. The van der Waals surface area contributed by atoms with Crippen LogP contribution in [0.4, 0.5) is 4.79 Å². The van der Waals surface area contributed by atoms with Gasteiger partial charge in [0.25, 0.3) is 0 Å². The number of allylic oxidation sites excluding steroid dienone is 1. The van der Waals surface area contributed by atoms with Crippen molar-refractivity contribution in [2.45, 2.75) is 19.8 Å². The molecule has 0 saturated carbocycles. The van der Waals surface area contributed by atoms with Crippen LogP contribution in [0.15, 0.2) is 12.7 Å². The van der Waals surface area contributed by atoms with Gasteiger partial charge in [-0.2, -0.15) is 0 Å². The van der Waals surface area contributed by atoms with Crippen LogP contribution in [0, 0.1) is 5.92 Å². The highest BCUT2D eigenvalue weighted by atomic mass is 35.5. The SMILES string of the molecule is C=CCCC(C)C(=O)OC(=O)Cl. The fourth-order valence-electron chi connectivity index (χ4n) is 0.665. The summed E-state index contributed by atoms with van der Waals surface area (Å²) in [4.78, 5) is 21.0. The Kier molecular flexibility index (Phi) is 5.37. The summed E-state index contributed by atoms with van der Waals surface area (Å²) in [6.07, 6.45) is 3.03. The molecule has 0 radical (unpaired) electrons. The molecule has 0 aliphatic carbocycles. The summed E-state index contributed by atoms with van der Waals surface area (Å²) in [5, 5.41) is 0. The topological polar surface area (TPSA) is 43.4 Å². The van der Waals surface area contributed by atoms with Gasteiger partial charge in [0, 0.05) is 11.6 Å². The average Bonchev–Trinajstić information content (AvgIpc) is 1.98. The van der Waals surface area contributed by atoms with Crippen molar-refractivity contribution >= 4 is 23.0 Å². The Bertz CT molecular complexity index is 189. The first-order chi connectivity index (χ1) is 5.57. The zero-order valence-corrected chi connectivity index (χ0v) is 7.63. The minimum absolute atomic E-state index is 0.314. The Morgan fingerprint density at radius 2 is 2.25 bits per heavy atom. The summed E-state index contributed by atoms with van der Waals surface area (Å²) in [5.74, 6) is -0.900. The molecule has 0 aromatic heterocycles. The first kappa shape index (κ1) is 11.2. The van der Waals surface area contributed by atoms with Crippen molar-refractivity contribution < 1.29 is 14.3 Å². The van der Waals surface area contributed by atoms with Gasteiger partial charge < -0.3 is 4.74 Å². The van der Waals surface area contributed by atoms with Gasteiger partial charge in [0.1, 0.15) is 0 Å². The number of rotatable bonds is 4. The molecule has 0 spiro atoms. The molecule has 0 aliphatic rings. The quantitative estimate of drug-likeness (QED) is 0.296. The third-order valence-corrected chi connectivity index (χ3v) is 1.46. The summed E-state index contributed by atoms with van der Waals surface area (Å²) in [5.41, 5.74) is -1.08. The van der Waals surface area contributed by atoms with Crippen LogP contribution in [-0.4, -0.2) is 11.4 Å². The maximum atomic E-state index is 10.9. The molecule has 1 unspecified atom stereocenters. The van der Waals surface area contributed by atoms with Crippen molar-refractivity contribution in [3.05, 3.63) is 12.7 Å². The monoisotopic (exact) mass is 190 g/mol. The molecule has 4 heteroatoms. The smallest absolute Gasteiger partial charge is 0.380 e. The van der Waals surface area contributed by atoms with Crippen LogP contribution in [0.25, 0.3) is 0 Å². The van der Waals surface area contributed by atoms with E-state index in [0.717, 1.165) is 0 Å². The molecule has 0 aromatic carbocycles. The van der Waals surface area contributed by atoms with Crippen molar-refractivity contribution in [3.8, 4) is 0 Å². The lowest BCUT2D eigenvalue weighted by Crippen LogP contribution is -2.15. The van der Waals surface area contributed by atoms with E-state index in [2.05, 4.69) is 11.3 Å². The first-order valence-corrected chi connectivity index (χ1v) is 3.97. The van der Waals surface area contributed by atoms with Gasteiger partial charge in [-0.3, -0.25) is 4.79 Å². The maximum Gasteiger partial charge on any atom is 0.411 e. The molecule has 0 N–H and O–H groups in total. The molecule has 3 nitrogen and oxygen atoms in total. The zero-order valence-electron chi connectivity index (χ0n) is 6.88. The summed E-state index contributed by atoms with van der Waals surface area (Å²) < 4.78 is 4.16. The molecule has 0 saturated heterocycles. The number of hydrogen-bond donors (Lipinski definition) is 0. The van der Waals surface area contributed by atoms with E-state index in [1.165, 1.54) is 0 Å². The van der Waals surface area contributed by atoms with Crippen LogP contribution >= 0.6 is 11.6 Å². The van der Waals surface area contributed by atoms with Gasteiger partial charge >= 0.3 is 11.4 Å². The van der Waals surface area contributed by atoms with Gasteiger partial charge in [-0.25, -0.2) is 4.79 Å². The van der Waals surface area contributed by atoms with E-state index in [1.807, 2.05) is 0 Å². The second kappa shape index (κ2) is 5.77. The van der Waals surface area contributed by atoms with Gasteiger partial charge in [0.15, 0.2) is 0 Å². The number of esters is 1. The Balaban J connectivity index is 3.76. The molecule has 0 rings (SSSR count). The third-order valence-electron chi connectivity index (χ3n) is 1.39. The van der Waals surface area contributed by atoms with E-state index >= 15 is 0 Å². The molecule has 0 aliphatic heterocycles. The van der Waals surface area contributed by atoms with Gasteiger partial charge in [-0.1, -0.05) is 13.0 Å². The van der Waals surface area contributed by atoms with Gasteiger partial charge in [-0.15, -0.1) is 6.58 Å². The Labute approximate surface area is 76.3 Å². The second-order valence-corrected chi connectivity index (χ2v) is 2.73. The lowest BCUT2D eigenvalue weighted by molar-refractivity contribution is -0.140. The largest absolute Gasteiger partial charge is 0.411 e. The number of carbonyl (C=O) groups excluding carboxylic acids is 2. The van der Waals surface area contributed by atoms with E-state index in [-0.39, 0.29) is 5.92 Å². The minimum atomic E-state index is -1.08. The molecule has 68 valence electrons. The van der Waals surface area contributed by atoms with Crippen LogP contribution in [0.2, 0.25) is 0 Å². The number of halogens is 1. The van der Waals surface area contributed by atoms with Crippen LogP contribution < -0.4 is 0 Å². The number of hydrogen-bond acceptors (Lipinski definition) is 3. The first-order valence-electron chi connectivity index (χ1n) is 3.60. The predicted molar refractivity (Wildman–Crippen MR) is 45.9 cm³/mol. The van der Waals surface area contributed by atoms with Crippen LogP contribution in [0.1, 0.15) is 19.8 Å². The molecule has 1 atom stereocenters. The predicted octanol–water partition coefficient (Wildman–Crippen LogP) is 2.49. The minimum Gasteiger partial charge on any atom is -0.380 e. The summed E-state index contributed by atoms with van der Waals surface area (Å²) in [6.45, 7) is 5.18. The maximum absolute atomic E-state index is 10.9. The van der Waals surface area contributed by atoms with Gasteiger partial charge in [-0.05, 0) is 12.8 Å². The highest BCUT2D eigenvalue weighted by molar-refractivity contribution is 6.61. The van der Waals surface area contributed by atoms with E-state index in [0.29, 0.717) is 12.8 Å². The summed E-state index contributed by atoms with van der Waals surface area (Å²) >= 11 is 4.85. The van der Waals surface area contributed by atoms with Crippen molar-refractivity contribution in [2.75, 3.05) is 0 Å². The van der Waals surface area contributed by atoms with Crippen LogP contribution in [-0.2, 0) is 9.53 Å². The normalized spacial score (nSPS) is 11.8. The number of ether oxygens (including phenoxy) is 1. The fraction of sp³-hybridized carbons (Fsp3) is 0.500.